The Morgan fingerprint density at radius 1 is 0.274 bits per heavy atom. The third-order valence-electron chi connectivity index (χ3n) is 11.5. The van der Waals surface area contributed by atoms with Gasteiger partial charge in [-0.3, -0.25) is 0 Å². The minimum Gasteiger partial charge on any atom is -0.414 e. The Hall–Kier alpha value is 2.99. The van der Waals surface area contributed by atoms with E-state index in [1.165, 1.54) is 0 Å². The van der Waals surface area contributed by atoms with Gasteiger partial charge in [0.1, 0.15) is 14.5 Å². The molecule has 28 heteroatoms. The van der Waals surface area contributed by atoms with E-state index in [9.17, 15) is 0 Å². The normalized spacial score (nSPS) is 18.7. The molecule has 0 aliphatic rings. The molecule has 0 aromatic rings. The quantitative estimate of drug-likeness (QED) is 0.0780. The zero-order valence-electron chi connectivity index (χ0n) is 46.1. The van der Waals surface area contributed by atoms with Gasteiger partial charge in [-0.1, -0.05) is 0 Å². The van der Waals surface area contributed by atoms with E-state index in [0.717, 1.165) is 0 Å². The summed E-state index contributed by atoms with van der Waals surface area (Å²) in [5.74, 6) is -2.92. The molecule has 0 aromatic carbocycles. The van der Waals surface area contributed by atoms with Crippen molar-refractivity contribution in [2.45, 2.75) is 216 Å². The fraction of sp³-hybridized carbons (Fsp3) is 1.00. The lowest BCUT2D eigenvalue weighted by Gasteiger charge is -2.60. The minimum atomic E-state index is -3.82. The second-order valence-electron chi connectivity index (χ2n) is 22.1. The molecular weight excluding hydrogens is 1050 g/mol. The summed E-state index contributed by atoms with van der Waals surface area (Å²) in [6.07, 6.45) is 0. The summed E-state index contributed by atoms with van der Waals surface area (Å²) < 4.78 is 88.7. The maximum absolute atomic E-state index is 8.04. The maximum atomic E-state index is 8.04. The van der Waals surface area contributed by atoms with Crippen molar-refractivity contribution in [2.75, 3.05) is 0 Å². The van der Waals surface area contributed by atoms with E-state index in [1.807, 2.05) is 0 Å². The van der Waals surface area contributed by atoms with Gasteiger partial charge in [0.15, 0.2) is 98.7 Å². The maximum Gasteiger partial charge on any atom is 0.466 e. The Morgan fingerprint density at radius 2 is 0.403 bits per heavy atom. The van der Waals surface area contributed by atoms with Crippen molar-refractivity contribution in [3.05, 3.63) is 0 Å². The molecule has 374 valence electrons. The van der Waals surface area contributed by atoms with Crippen molar-refractivity contribution >= 4 is 146 Å². The Kier molecular flexibility index (Phi) is 25.6. The lowest BCUT2D eigenvalue weighted by molar-refractivity contribution is -0.169. The van der Waals surface area contributed by atoms with Crippen LogP contribution in [0.3, 0.4) is 0 Å². The topological polar surface area (TPSA) is 111 Å². The largest absolute Gasteiger partial charge is 0.466 e. The van der Waals surface area contributed by atoms with Gasteiger partial charge in [0, 0.05) is 37.3 Å². The van der Waals surface area contributed by atoms with Crippen LogP contribution in [-0.4, -0.2) is 178 Å². The third-order valence-corrected chi connectivity index (χ3v) is 55.5. The summed E-state index contributed by atoms with van der Waals surface area (Å²) >= 11 is 0. The van der Waals surface area contributed by atoms with E-state index in [-0.39, 0.29) is 0 Å². The average Bonchev–Trinajstić information content (AvgIpc) is 2.95. The summed E-state index contributed by atoms with van der Waals surface area (Å²) in [6.45, 7) is 62.4. The van der Waals surface area contributed by atoms with Crippen molar-refractivity contribution in [3.63, 3.8) is 0 Å². The molecule has 0 rings (SSSR count). The molecule has 0 aliphatic heterocycles. The van der Waals surface area contributed by atoms with Crippen LogP contribution in [0.2, 0.25) is 164 Å². The highest BCUT2D eigenvalue weighted by Crippen LogP contribution is 2.47. The average molecular weight is 1150 g/mol. The van der Waals surface area contributed by atoms with Crippen LogP contribution in [0, 0.1) is 0 Å². The predicted molar refractivity (Wildman–Crippen MR) is 310 cm³/mol. The van der Waals surface area contributed by atoms with Crippen LogP contribution in [0.4, 0.5) is 0 Å². The first kappa shape index (κ1) is 65.0. The summed E-state index contributed by atoms with van der Waals surface area (Å²) in [6, 6.07) is 0. The minimum absolute atomic E-state index is 0.618. The zero-order chi connectivity index (χ0) is 49.7. The first-order valence-electron chi connectivity index (χ1n) is 23.6. The highest BCUT2D eigenvalue weighted by Gasteiger charge is 2.69. The molecule has 0 heterocycles. The summed E-state index contributed by atoms with van der Waals surface area (Å²) in [7, 11) is -26.2. The predicted octanol–water partition coefficient (Wildman–Crippen LogP) is 3.17. The summed E-state index contributed by atoms with van der Waals surface area (Å²) in [4.78, 5) is -2.36. The number of hydrogen-bond acceptors (Lipinski definition) is 12. The van der Waals surface area contributed by atoms with Crippen LogP contribution < -0.4 is 0 Å². The number of hydrogen-bond donors (Lipinski definition) is 0. The first-order chi connectivity index (χ1) is 27.4. The third kappa shape index (κ3) is 16.8. The van der Waals surface area contributed by atoms with Gasteiger partial charge in [-0.05, 0) is 178 Å². The number of rotatable bonds is 30. The molecule has 0 fully saturated rings. The van der Waals surface area contributed by atoms with Crippen LogP contribution in [0.25, 0.3) is 0 Å². The molecule has 0 saturated heterocycles. The molecule has 0 radical (unpaired) electrons. The van der Waals surface area contributed by atoms with Gasteiger partial charge in [-0.25, -0.2) is 0 Å². The van der Waals surface area contributed by atoms with Crippen molar-refractivity contribution in [1.82, 2.24) is 0 Å². The van der Waals surface area contributed by atoms with Crippen molar-refractivity contribution in [2.24, 2.45) is 0 Å². The zero-order valence-corrected chi connectivity index (χ0v) is 66.5. The standard InChI is InChI=1S/C34H102O12Si16/c1-29(35-50(4)5,36-51(6)7)32(47,41-56(16)17)59(22,23)44-62(28,45-60(24,25)33(48,42-57(18)19)30(2,37-52(8)9)38-53(10)11)46-61(26,27)34(49,43-58(20)21)31(3,39-54(12)13)40-55(14)15/h50-58H,1-28,47-49H3. The molecule has 3 atom stereocenters. The van der Waals surface area contributed by atoms with Gasteiger partial charge in [-0.2, -0.15) is 0 Å². The van der Waals surface area contributed by atoms with E-state index >= 15 is 0 Å². The van der Waals surface area contributed by atoms with Crippen LogP contribution in [0.1, 0.15) is 20.8 Å². The smallest absolute Gasteiger partial charge is 0.414 e. The summed E-state index contributed by atoms with van der Waals surface area (Å²) in [5.41, 5.74) is 0. The summed E-state index contributed by atoms with van der Waals surface area (Å²) in [5, 5.41) is 0. The van der Waals surface area contributed by atoms with E-state index in [0.29, 0.717) is 30.7 Å². The van der Waals surface area contributed by atoms with Crippen molar-refractivity contribution < 1.29 is 52.2 Å². The van der Waals surface area contributed by atoms with E-state index in [4.69, 9.17) is 52.2 Å². The van der Waals surface area contributed by atoms with Gasteiger partial charge in [0.25, 0.3) is 0 Å². The second-order valence-corrected chi connectivity index (χ2v) is 66.5. The van der Waals surface area contributed by atoms with E-state index < -0.39 is 147 Å². The molecular formula is C34H102O12Si16. The molecule has 62 heavy (non-hydrogen) atoms. The second kappa shape index (κ2) is 24.4. The van der Waals surface area contributed by atoms with Gasteiger partial charge in [0.05, 0.1) is 0 Å². The molecule has 0 saturated carbocycles. The van der Waals surface area contributed by atoms with Crippen molar-refractivity contribution in [1.29, 1.82) is 0 Å². The van der Waals surface area contributed by atoms with Crippen LogP contribution in [-0.2, 0) is 52.2 Å². The van der Waals surface area contributed by atoms with Crippen molar-refractivity contribution in [3.8, 4) is 0 Å². The lowest BCUT2D eigenvalue weighted by atomic mass is 10.3. The van der Waals surface area contributed by atoms with E-state index in [2.05, 4.69) is 184 Å². The monoisotopic (exact) mass is 1150 g/mol. The van der Waals surface area contributed by atoms with Crippen LogP contribution in [0.5, 0.6) is 0 Å². The molecule has 0 aromatic heterocycles. The SMILES string of the molecule is C[SiH](C)OC(C)(O[SiH](C)C)C([SiH3])(O[SiH](C)C)[Si](C)(C)O[Si](C)(O[Si](C)(C)C([SiH3])(O[SiH](C)C)C(C)(O[SiH](C)C)O[SiH](C)C)O[Si](C)(C)C([SiH3])(O[SiH](C)C)C(C)(O[SiH](C)C)O[SiH](C)C. The van der Waals surface area contributed by atoms with Gasteiger partial charge in [-0.15, -0.1) is 0 Å². The molecule has 0 spiro atoms. The highest BCUT2D eigenvalue weighted by molar-refractivity contribution is 6.96. The lowest BCUT2D eigenvalue weighted by Crippen LogP contribution is -2.81. The van der Waals surface area contributed by atoms with E-state index in [1.54, 1.807) is 0 Å². The Morgan fingerprint density at radius 3 is 0.516 bits per heavy atom. The molecule has 0 amide bonds. The molecule has 0 N–H and O–H groups in total. The van der Waals surface area contributed by atoms with Gasteiger partial charge >= 0.3 is 8.80 Å². The fourth-order valence-corrected chi connectivity index (χ4v) is 54.0. The van der Waals surface area contributed by atoms with Gasteiger partial charge < -0.3 is 52.2 Å². The molecule has 0 aliphatic carbocycles. The molecule has 12 nitrogen and oxygen atoms in total. The van der Waals surface area contributed by atoms with Gasteiger partial charge in [0.2, 0.25) is 25.0 Å². The Balaban J connectivity index is 8.80. The Bertz CT molecular complexity index is 1180. The van der Waals surface area contributed by atoms with Crippen LogP contribution in [0.15, 0.2) is 0 Å². The fourth-order valence-electron chi connectivity index (χ4n) is 9.00. The Labute approximate surface area is 411 Å². The molecule has 3 unspecified atom stereocenters. The van der Waals surface area contributed by atoms with Crippen LogP contribution >= 0.6 is 0 Å². The highest BCUT2D eigenvalue weighted by atomic mass is 28.5. The molecule has 0 bridgehead atoms. The first-order valence-corrected chi connectivity index (χ1v) is 62.6.